The number of aliphatic hydroxyl groups is 1. The van der Waals surface area contributed by atoms with E-state index in [0.717, 1.165) is 11.6 Å². The van der Waals surface area contributed by atoms with Crippen LogP contribution in [0.4, 0.5) is 11.6 Å². The first-order valence-corrected chi connectivity index (χ1v) is 5.72. The third-order valence-corrected chi connectivity index (χ3v) is 3.03. The average molecular weight is 222 g/mol. The lowest BCUT2D eigenvalue weighted by Crippen LogP contribution is -2.42. The van der Waals surface area contributed by atoms with Gasteiger partial charge in [0.15, 0.2) is 0 Å². The summed E-state index contributed by atoms with van der Waals surface area (Å²) in [5.74, 6) is 1.62. The van der Waals surface area contributed by atoms with E-state index in [1.807, 2.05) is 7.05 Å². The van der Waals surface area contributed by atoms with Crippen LogP contribution < -0.4 is 10.2 Å². The molecule has 5 nitrogen and oxygen atoms in total. The van der Waals surface area contributed by atoms with Crippen LogP contribution in [0.5, 0.6) is 0 Å². The zero-order valence-corrected chi connectivity index (χ0v) is 9.56. The summed E-state index contributed by atoms with van der Waals surface area (Å²) in [5.41, 5.74) is 0. The van der Waals surface area contributed by atoms with Crippen LogP contribution in [0, 0.1) is 0 Å². The number of rotatable bonds is 5. The topological polar surface area (TPSA) is 61.3 Å². The summed E-state index contributed by atoms with van der Waals surface area (Å²) in [6.45, 7) is 0.786. The molecular weight excluding hydrogens is 204 g/mol. The van der Waals surface area contributed by atoms with Crippen molar-refractivity contribution in [3.8, 4) is 0 Å². The molecule has 2 N–H and O–H groups in total. The molecule has 0 radical (unpaired) electrons. The first kappa shape index (κ1) is 11.1. The van der Waals surface area contributed by atoms with Gasteiger partial charge in [-0.3, -0.25) is 4.98 Å². The molecule has 0 saturated heterocycles. The van der Waals surface area contributed by atoms with Gasteiger partial charge in [0.1, 0.15) is 11.6 Å². The predicted octanol–water partition coefficient (Wildman–Crippen LogP) is 0.869. The summed E-state index contributed by atoms with van der Waals surface area (Å²) >= 11 is 0. The van der Waals surface area contributed by atoms with Crippen molar-refractivity contribution in [3.63, 3.8) is 0 Å². The number of nitrogens with zero attached hydrogens (tertiary/aromatic N) is 3. The highest BCUT2D eigenvalue weighted by Crippen LogP contribution is 2.28. The van der Waals surface area contributed by atoms with Crippen LogP contribution in [0.1, 0.15) is 19.3 Å². The van der Waals surface area contributed by atoms with Gasteiger partial charge in [-0.25, -0.2) is 4.98 Å². The van der Waals surface area contributed by atoms with Crippen molar-refractivity contribution < 1.29 is 5.11 Å². The smallest absolute Gasteiger partial charge is 0.149 e. The molecule has 88 valence electrons. The number of anilines is 2. The van der Waals surface area contributed by atoms with Gasteiger partial charge in [0, 0.05) is 19.6 Å². The molecule has 0 unspecified atom stereocenters. The van der Waals surface area contributed by atoms with Crippen molar-refractivity contribution in [3.05, 3.63) is 12.4 Å². The van der Waals surface area contributed by atoms with Crippen LogP contribution in [-0.4, -0.2) is 41.3 Å². The molecular formula is C11H18N4O. The summed E-state index contributed by atoms with van der Waals surface area (Å²) in [5, 5.41) is 12.1. The Morgan fingerprint density at radius 2 is 2.31 bits per heavy atom. The highest BCUT2D eigenvalue weighted by atomic mass is 16.3. The predicted molar refractivity (Wildman–Crippen MR) is 63.6 cm³/mol. The Labute approximate surface area is 95.5 Å². The highest BCUT2D eigenvalue weighted by Gasteiger charge is 2.25. The Kier molecular flexibility index (Phi) is 3.56. The molecule has 0 aliphatic heterocycles. The fraction of sp³-hybridized carbons (Fsp3) is 0.636. The minimum absolute atomic E-state index is 0.155. The lowest BCUT2D eigenvalue weighted by Gasteiger charge is -2.37. The average Bonchev–Trinajstić information content (AvgIpc) is 2.26. The molecule has 1 aliphatic rings. The molecule has 0 aromatic carbocycles. The Morgan fingerprint density at radius 1 is 1.50 bits per heavy atom. The number of aromatic nitrogens is 2. The SMILES string of the molecule is CNc1cncc(N(CCO)C2CCC2)n1. The summed E-state index contributed by atoms with van der Waals surface area (Å²) in [4.78, 5) is 10.8. The van der Waals surface area contributed by atoms with E-state index in [1.165, 1.54) is 19.3 Å². The Bertz CT molecular complexity index is 341. The first-order valence-electron chi connectivity index (χ1n) is 5.72. The second-order valence-electron chi connectivity index (χ2n) is 4.01. The number of aliphatic hydroxyl groups excluding tert-OH is 1. The van der Waals surface area contributed by atoms with Crippen LogP contribution >= 0.6 is 0 Å². The molecule has 1 fully saturated rings. The normalized spacial score (nSPS) is 15.6. The molecule has 5 heteroatoms. The molecule has 1 saturated carbocycles. The Morgan fingerprint density at radius 3 is 2.88 bits per heavy atom. The van der Waals surface area contributed by atoms with Crippen LogP contribution in [0.25, 0.3) is 0 Å². The van der Waals surface area contributed by atoms with E-state index in [2.05, 4.69) is 20.2 Å². The second kappa shape index (κ2) is 5.12. The fourth-order valence-electron chi connectivity index (χ4n) is 1.90. The third kappa shape index (κ3) is 2.24. The Hall–Kier alpha value is -1.36. The maximum atomic E-state index is 9.09. The van der Waals surface area contributed by atoms with E-state index in [-0.39, 0.29) is 6.61 Å². The van der Waals surface area contributed by atoms with Crippen molar-refractivity contribution >= 4 is 11.6 Å². The number of hydrogen-bond acceptors (Lipinski definition) is 5. The van der Waals surface area contributed by atoms with Crippen LogP contribution in [0.15, 0.2) is 12.4 Å². The minimum atomic E-state index is 0.155. The summed E-state index contributed by atoms with van der Waals surface area (Å²) in [6, 6.07) is 0.522. The first-order chi connectivity index (χ1) is 7.85. The number of hydrogen-bond donors (Lipinski definition) is 2. The zero-order chi connectivity index (χ0) is 11.4. The Balaban J connectivity index is 2.16. The van der Waals surface area contributed by atoms with Crippen molar-refractivity contribution in [2.75, 3.05) is 30.4 Å². The molecule has 0 bridgehead atoms. The van der Waals surface area contributed by atoms with Gasteiger partial charge in [0.25, 0.3) is 0 Å². The molecule has 1 heterocycles. The molecule has 1 aliphatic carbocycles. The third-order valence-electron chi connectivity index (χ3n) is 3.03. The van der Waals surface area contributed by atoms with Gasteiger partial charge in [0.05, 0.1) is 19.0 Å². The monoisotopic (exact) mass is 222 g/mol. The van der Waals surface area contributed by atoms with Gasteiger partial charge in [0.2, 0.25) is 0 Å². The van der Waals surface area contributed by atoms with Gasteiger partial charge < -0.3 is 15.3 Å². The van der Waals surface area contributed by atoms with E-state index in [4.69, 9.17) is 5.11 Å². The van der Waals surface area contributed by atoms with Gasteiger partial charge in [-0.2, -0.15) is 0 Å². The van der Waals surface area contributed by atoms with E-state index in [1.54, 1.807) is 12.4 Å². The van der Waals surface area contributed by atoms with E-state index in [9.17, 15) is 0 Å². The van der Waals surface area contributed by atoms with Crippen molar-refractivity contribution in [2.45, 2.75) is 25.3 Å². The summed E-state index contributed by atoms with van der Waals surface area (Å²) < 4.78 is 0. The standard InChI is InChI=1S/C11H18N4O/c1-12-10-7-13-8-11(14-10)15(5-6-16)9-3-2-4-9/h7-9,16H,2-6H2,1H3,(H,12,14). The maximum Gasteiger partial charge on any atom is 0.149 e. The van der Waals surface area contributed by atoms with E-state index < -0.39 is 0 Å². The summed E-state index contributed by atoms with van der Waals surface area (Å²) in [6.07, 6.45) is 7.10. The quantitative estimate of drug-likeness (QED) is 0.774. The molecule has 1 aromatic rings. The highest BCUT2D eigenvalue weighted by molar-refractivity contribution is 5.44. The van der Waals surface area contributed by atoms with Crippen LogP contribution in [-0.2, 0) is 0 Å². The minimum Gasteiger partial charge on any atom is -0.395 e. The van der Waals surface area contributed by atoms with Crippen LogP contribution in [0.2, 0.25) is 0 Å². The summed E-state index contributed by atoms with van der Waals surface area (Å²) in [7, 11) is 1.83. The van der Waals surface area contributed by atoms with Gasteiger partial charge in [-0.05, 0) is 19.3 Å². The van der Waals surface area contributed by atoms with E-state index >= 15 is 0 Å². The van der Waals surface area contributed by atoms with Crippen LogP contribution in [0.3, 0.4) is 0 Å². The van der Waals surface area contributed by atoms with Crippen molar-refractivity contribution in [2.24, 2.45) is 0 Å². The lowest BCUT2D eigenvalue weighted by atomic mass is 9.91. The van der Waals surface area contributed by atoms with Gasteiger partial charge >= 0.3 is 0 Å². The second-order valence-corrected chi connectivity index (χ2v) is 4.01. The largest absolute Gasteiger partial charge is 0.395 e. The molecule has 0 spiro atoms. The molecule has 0 atom stereocenters. The van der Waals surface area contributed by atoms with Crippen molar-refractivity contribution in [1.29, 1.82) is 0 Å². The molecule has 16 heavy (non-hydrogen) atoms. The van der Waals surface area contributed by atoms with Crippen molar-refractivity contribution in [1.82, 2.24) is 9.97 Å². The molecule has 2 rings (SSSR count). The number of nitrogens with one attached hydrogen (secondary N) is 1. The van der Waals surface area contributed by atoms with Gasteiger partial charge in [-0.1, -0.05) is 0 Å². The zero-order valence-electron chi connectivity index (χ0n) is 9.56. The molecule has 1 aromatic heterocycles. The van der Waals surface area contributed by atoms with E-state index in [0.29, 0.717) is 12.6 Å². The van der Waals surface area contributed by atoms with Gasteiger partial charge in [-0.15, -0.1) is 0 Å². The molecule has 0 amide bonds. The maximum absolute atomic E-state index is 9.09. The fourth-order valence-corrected chi connectivity index (χ4v) is 1.90. The lowest BCUT2D eigenvalue weighted by molar-refractivity contribution is 0.283.